The van der Waals surface area contributed by atoms with Crippen LogP contribution in [0.1, 0.15) is 19.8 Å². The van der Waals surface area contributed by atoms with Crippen molar-refractivity contribution in [3.63, 3.8) is 0 Å². The minimum Gasteiger partial charge on any atom is -0.480 e. The highest BCUT2D eigenvalue weighted by molar-refractivity contribution is 5.89. The smallest absolute Gasteiger partial charge is 0.322 e. The summed E-state index contributed by atoms with van der Waals surface area (Å²) in [5.74, 6) is -3.58. The molecule has 108 valence electrons. The van der Waals surface area contributed by atoms with Crippen LogP contribution in [0.5, 0.6) is 0 Å². The Balaban J connectivity index is 4.01. The third kappa shape index (κ3) is 7.71. The fourth-order valence-electron chi connectivity index (χ4n) is 1.11. The van der Waals surface area contributed by atoms with Crippen LogP contribution in [0.4, 0.5) is 0 Å². The van der Waals surface area contributed by atoms with Crippen LogP contribution >= 0.6 is 0 Å². The van der Waals surface area contributed by atoms with Crippen LogP contribution in [0.3, 0.4) is 0 Å². The fraction of sp³-hybridized carbons (Fsp3) is 0.600. The second-order valence-electron chi connectivity index (χ2n) is 3.88. The Kier molecular flexibility index (Phi) is 7.12. The van der Waals surface area contributed by atoms with Crippen LogP contribution in [-0.2, 0) is 19.2 Å². The molecule has 0 bridgehead atoms. The largest absolute Gasteiger partial charge is 0.480 e. The zero-order valence-electron chi connectivity index (χ0n) is 10.4. The van der Waals surface area contributed by atoms with Crippen molar-refractivity contribution in [2.24, 2.45) is 5.73 Å². The number of amides is 2. The van der Waals surface area contributed by atoms with Crippen molar-refractivity contribution in [3.05, 3.63) is 0 Å². The van der Waals surface area contributed by atoms with Gasteiger partial charge in [-0.15, -0.1) is 0 Å². The van der Waals surface area contributed by atoms with Gasteiger partial charge in [-0.25, -0.2) is 0 Å². The van der Waals surface area contributed by atoms with Gasteiger partial charge < -0.3 is 26.6 Å². The molecule has 0 saturated heterocycles. The zero-order chi connectivity index (χ0) is 15.0. The average molecular weight is 275 g/mol. The number of nitrogens with two attached hydrogens (primary N) is 1. The number of carboxylic acid groups (broad SMARTS) is 2. The third-order valence-corrected chi connectivity index (χ3v) is 2.18. The molecule has 0 heterocycles. The number of carboxylic acids is 2. The molecule has 0 spiro atoms. The maximum atomic E-state index is 11.4. The minimum atomic E-state index is -1.21. The Labute approximate surface area is 109 Å². The molecule has 0 aliphatic rings. The summed E-state index contributed by atoms with van der Waals surface area (Å²) in [6.45, 7) is 0.842. The minimum absolute atomic E-state index is 0.0510. The Hall–Kier alpha value is -2.16. The molecule has 0 aliphatic carbocycles. The van der Waals surface area contributed by atoms with E-state index in [1.807, 2.05) is 0 Å². The number of carbonyl (C=O) groups is 4. The van der Waals surface area contributed by atoms with Gasteiger partial charge in [0, 0.05) is 6.42 Å². The molecule has 19 heavy (non-hydrogen) atoms. The van der Waals surface area contributed by atoms with E-state index in [-0.39, 0.29) is 12.8 Å². The van der Waals surface area contributed by atoms with Gasteiger partial charge in [0.15, 0.2) is 0 Å². The lowest BCUT2D eigenvalue weighted by Gasteiger charge is -2.13. The summed E-state index contributed by atoms with van der Waals surface area (Å²) in [6, 6.07) is -2.05. The number of hydrogen-bond donors (Lipinski definition) is 5. The highest BCUT2D eigenvalue weighted by Gasteiger charge is 2.18. The molecule has 2 amide bonds. The van der Waals surface area contributed by atoms with Crippen LogP contribution in [0, 0.1) is 0 Å². The van der Waals surface area contributed by atoms with E-state index < -0.39 is 42.4 Å². The first kappa shape index (κ1) is 16.8. The predicted octanol–water partition coefficient (Wildman–Crippen LogP) is -2.12. The number of aliphatic carboxylic acids is 2. The average Bonchev–Trinajstić information content (AvgIpc) is 2.32. The predicted molar refractivity (Wildman–Crippen MR) is 63.1 cm³/mol. The first-order valence-corrected chi connectivity index (χ1v) is 5.51. The van der Waals surface area contributed by atoms with Crippen molar-refractivity contribution in [2.75, 3.05) is 6.54 Å². The molecule has 2 atom stereocenters. The van der Waals surface area contributed by atoms with Crippen molar-refractivity contribution in [1.29, 1.82) is 0 Å². The van der Waals surface area contributed by atoms with Crippen LogP contribution in [0.15, 0.2) is 0 Å². The number of rotatable bonds is 8. The van der Waals surface area contributed by atoms with E-state index in [4.69, 9.17) is 15.9 Å². The lowest BCUT2D eigenvalue weighted by atomic mass is 10.1. The first-order chi connectivity index (χ1) is 8.73. The molecule has 0 unspecified atom stereocenters. The summed E-state index contributed by atoms with van der Waals surface area (Å²) >= 11 is 0. The van der Waals surface area contributed by atoms with E-state index in [0.717, 1.165) is 0 Å². The summed E-state index contributed by atoms with van der Waals surface area (Å²) in [7, 11) is 0. The summed E-state index contributed by atoms with van der Waals surface area (Å²) in [5, 5.41) is 21.3. The summed E-state index contributed by atoms with van der Waals surface area (Å²) in [6.07, 6.45) is -0.186. The quantitative estimate of drug-likeness (QED) is 0.338. The zero-order valence-corrected chi connectivity index (χ0v) is 10.4. The van der Waals surface area contributed by atoms with Crippen LogP contribution in [-0.4, -0.2) is 52.6 Å². The topological polar surface area (TPSA) is 159 Å². The van der Waals surface area contributed by atoms with E-state index >= 15 is 0 Å². The van der Waals surface area contributed by atoms with E-state index in [0.29, 0.717) is 0 Å². The molecule has 6 N–H and O–H groups in total. The lowest BCUT2D eigenvalue weighted by Crippen LogP contribution is -2.46. The third-order valence-electron chi connectivity index (χ3n) is 2.18. The Morgan fingerprint density at radius 2 is 1.79 bits per heavy atom. The van der Waals surface area contributed by atoms with E-state index in [2.05, 4.69) is 10.6 Å². The van der Waals surface area contributed by atoms with Gasteiger partial charge in [-0.05, 0) is 13.3 Å². The van der Waals surface area contributed by atoms with Gasteiger partial charge >= 0.3 is 11.9 Å². The highest BCUT2D eigenvalue weighted by Crippen LogP contribution is 1.95. The molecule has 9 heteroatoms. The second kappa shape index (κ2) is 8.03. The number of carbonyl (C=O) groups excluding carboxylic acids is 2. The molecular weight excluding hydrogens is 258 g/mol. The van der Waals surface area contributed by atoms with Crippen molar-refractivity contribution < 1.29 is 29.4 Å². The van der Waals surface area contributed by atoms with E-state index in [9.17, 15) is 19.2 Å². The van der Waals surface area contributed by atoms with Crippen molar-refractivity contribution in [1.82, 2.24) is 10.6 Å². The van der Waals surface area contributed by atoms with E-state index in [1.54, 1.807) is 0 Å². The monoisotopic (exact) mass is 275 g/mol. The van der Waals surface area contributed by atoms with Gasteiger partial charge in [0.25, 0.3) is 0 Å². The van der Waals surface area contributed by atoms with Gasteiger partial charge in [0.1, 0.15) is 18.6 Å². The normalized spacial score (nSPS) is 13.2. The summed E-state index contributed by atoms with van der Waals surface area (Å²) < 4.78 is 0. The van der Waals surface area contributed by atoms with Crippen LogP contribution in [0.25, 0.3) is 0 Å². The molecular formula is C10H17N3O6. The molecule has 0 saturated carbocycles. The maximum Gasteiger partial charge on any atom is 0.322 e. The van der Waals surface area contributed by atoms with Crippen molar-refractivity contribution in [2.45, 2.75) is 31.8 Å². The number of nitrogens with one attached hydrogen (secondary N) is 2. The second-order valence-corrected chi connectivity index (χ2v) is 3.88. The maximum absolute atomic E-state index is 11.4. The molecule has 0 radical (unpaired) electrons. The fourth-order valence-corrected chi connectivity index (χ4v) is 1.11. The molecule has 0 rings (SSSR count). The molecule has 0 aliphatic heterocycles. The van der Waals surface area contributed by atoms with E-state index in [1.165, 1.54) is 6.92 Å². The Morgan fingerprint density at radius 1 is 1.21 bits per heavy atom. The Morgan fingerprint density at radius 3 is 2.26 bits per heavy atom. The molecule has 0 aromatic heterocycles. The van der Waals surface area contributed by atoms with Gasteiger partial charge in [-0.3, -0.25) is 19.2 Å². The van der Waals surface area contributed by atoms with Crippen LogP contribution < -0.4 is 16.4 Å². The molecule has 0 aromatic rings. The summed E-state index contributed by atoms with van der Waals surface area (Å²) in [4.78, 5) is 43.3. The first-order valence-electron chi connectivity index (χ1n) is 5.51. The van der Waals surface area contributed by atoms with Crippen LogP contribution in [0.2, 0.25) is 0 Å². The van der Waals surface area contributed by atoms with Crippen molar-refractivity contribution >= 4 is 23.8 Å². The van der Waals surface area contributed by atoms with Gasteiger partial charge in [-0.2, -0.15) is 0 Å². The van der Waals surface area contributed by atoms with Crippen molar-refractivity contribution in [3.8, 4) is 0 Å². The standard InChI is InChI=1S/C10H17N3O6/c1-5(9(17)12-4-8(15)16)13-7(14)3-2-6(11)10(18)19/h5-6H,2-4,11H2,1H3,(H,12,17)(H,13,14)(H,15,16)(H,18,19)/t5-,6+/m1/s1. The Bertz CT molecular complexity index is 370. The lowest BCUT2D eigenvalue weighted by molar-refractivity contribution is -0.139. The number of hydrogen-bond acceptors (Lipinski definition) is 5. The summed E-state index contributed by atoms with van der Waals surface area (Å²) in [5.41, 5.74) is 5.21. The van der Waals surface area contributed by atoms with Gasteiger partial charge in [-0.1, -0.05) is 0 Å². The molecule has 0 fully saturated rings. The highest BCUT2D eigenvalue weighted by atomic mass is 16.4. The van der Waals surface area contributed by atoms with Gasteiger partial charge in [0.05, 0.1) is 0 Å². The molecule has 0 aromatic carbocycles. The van der Waals surface area contributed by atoms with Gasteiger partial charge in [0.2, 0.25) is 11.8 Å². The SMILES string of the molecule is C[C@@H](NC(=O)CC[C@H](N)C(=O)O)C(=O)NCC(=O)O. The molecule has 9 nitrogen and oxygen atoms in total.